The Kier molecular flexibility index (Phi) is 7.42. The van der Waals surface area contributed by atoms with E-state index in [-0.39, 0.29) is 12.6 Å². The lowest BCUT2D eigenvalue weighted by Crippen LogP contribution is -2.40. The first-order valence-electron chi connectivity index (χ1n) is 8.60. The van der Waals surface area contributed by atoms with E-state index in [1.165, 1.54) is 38.4 Å². The van der Waals surface area contributed by atoms with Crippen molar-refractivity contribution in [1.29, 1.82) is 0 Å². The van der Waals surface area contributed by atoms with Crippen molar-refractivity contribution in [2.24, 2.45) is 0 Å². The second kappa shape index (κ2) is 9.57. The van der Waals surface area contributed by atoms with E-state index in [9.17, 15) is 9.90 Å². The highest BCUT2D eigenvalue weighted by Crippen LogP contribution is 2.21. The van der Waals surface area contributed by atoms with Crippen molar-refractivity contribution in [1.82, 2.24) is 15.5 Å². The molecule has 1 atom stereocenters. The zero-order valence-corrected chi connectivity index (χ0v) is 14.0. The van der Waals surface area contributed by atoms with Gasteiger partial charge in [0.15, 0.2) is 0 Å². The van der Waals surface area contributed by atoms with Crippen molar-refractivity contribution < 1.29 is 14.3 Å². The van der Waals surface area contributed by atoms with E-state index in [0.717, 1.165) is 13.0 Å². The Hall–Kier alpha value is -1.53. The van der Waals surface area contributed by atoms with E-state index in [2.05, 4.69) is 22.6 Å². The topological polar surface area (TPSA) is 77.7 Å². The minimum absolute atomic E-state index is 0.140. The monoisotopic (exact) mass is 323 g/mol. The molecular weight excluding hydrogens is 294 g/mol. The molecule has 1 fully saturated rings. The molecule has 0 bridgehead atoms. The van der Waals surface area contributed by atoms with Gasteiger partial charge in [-0.3, -0.25) is 0 Å². The van der Waals surface area contributed by atoms with E-state index >= 15 is 0 Å². The maximum atomic E-state index is 11.7. The SMILES string of the molecule is CN(CCCNC(=O)NCC(O)c1ccco1)C1CCCCC1. The quantitative estimate of drug-likeness (QED) is 0.641. The fourth-order valence-corrected chi connectivity index (χ4v) is 3.07. The standard InChI is InChI=1S/C17H29N3O3/c1-20(14-7-3-2-4-8-14)11-6-10-18-17(22)19-13-15(21)16-9-5-12-23-16/h5,9,12,14-15,21H,2-4,6-8,10-11,13H2,1H3,(H2,18,19,22). The summed E-state index contributed by atoms with van der Waals surface area (Å²) in [6, 6.07) is 3.85. The molecule has 1 unspecified atom stereocenters. The van der Waals surface area contributed by atoms with Crippen LogP contribution in [0.25, 0.3) is 0 Å². The fourth-order valence-electron chi connectivity index (χ4n) is 3.07. The molecule has 2 amide bonds. The number of aliphatic hydroxyl groups is 1. The Balaban J connectivity index is 1.52. The Morgan fingerprint density at radius 1 is 1.39 bits per heavy atom. The summed E-state index contributed by atoms with van der Waals surface area (Å²) in [7, 11) is 2.18. The second-order valence-corrected chi connectivity index (χ2v) is 6.29. The molecule has 1 heterocycles. The number of hydrogen-bond acceptors (Lipinski definition) is 4. The first kappa shape index (κ1) is 17.8. The highest BCUT2D eigenvalue weighted by atomic mass is 16.4. The third-order valence-corrected chi connectivity index (χ3v) is 4.50. The molecule has 130 valence electrons. The molecule has 23 heavy (non-hydrogen) atoms. The first-order chi connectivity index (χ1) is 11.2. The molecular formula is C17H29N3O3. The normalized spacial score (nSPS) is 17.2. The number of rotatable bonds is 8. The summed E-state index contributed by atoms with van der Waals surface area (Å²) in [5.74, 6) is 0.458. The molecule has 1 aliphatic carbocycles. The van der Waals surface area contributed by atoms with Crippen LogP contribution >= 0.6 is 0 Å². The summed E-state index contributed by atoms with van der Waals surface area (Å²) in [5, 5.41) is 15.3. The van der Waals surface area contributed by atoms with Gasteiger partial charge in [-0.05, 0) is 45.0 Å². The molecule has 0 aromatic carbocycles. The largest absolute Gasteiger partial charge is 0.467 e. The molecule has 1 saturated carbocycles. The van der Waals surface area contributed by atoms with Gasteiger partial charge in [0.25, 0.3) is 0 Å². The zero-order chi connectivity index (χ0) is 16.5. The van der Waals surface area contributed by atoms with Gasteiger partial charge in [0.05, 0.1) is 12.8 Å². The molecule has 0 aliphatic heterocycles. The lowest BCUT2D eigenvalue weighted by atomic mass is 9.94. The number of hydrogen-bond donors (Lipinski definition) is 3. The number of carbonyl (C=O) groups is 1. The Morgan fingerprint density at radius 2 is 2.17 bits per heavy atom. The summed E-state index contributed by atoms with van der Waals surface area (Å²) >= 11 is 0. The Bertz CT molecular complexity index is 444. The van der Waals surface area contributed by atoms with Crippen LogP contribution in [-0.2, 0) is 0 Å². The number of urea groups is 1. The van der Waals surface area contributed by atoms with E-state index < -0.39 is 6.10 Å². The molecule has 0 saturated heterocycles. The predicted octanol–water partition coefficient (Wildman–Crippen LogP) is 2.27. The highest BCUT2D eigenvalue weighted by molar-refractivity contribution is 5.73. The first-order valence-corrected chi connectivity index (χ1v) is 8.60. The highest BCUT2D eigenvalue weighted by Gasteiger charge is 2.17. The molecule has 6 heteroatoms. The van der Waals surface area contributed by atoms with E-state index in [1.807, 2.05) is 0 Å². The van der Waals surface area contributed by atoms with Crippen LogP contribution in [0.3, 0.4) is 0 Å². The minimum Gasteiger partial charge on any atom is -0.467 e. The summed E-state index contributed by atoms with van der Waals surface area (Å²) < 4.78 is 5.08. The van der Waals surface area contributed by atoms with E-state index in [1.54, 1.807) is 12.1 Å². The van der Waals surface area contributed by atoms with Crippen LogP contribution in [0.15, 0.2) is 22.8 Å². The number of amides is 2. The van der Waals surface area contributed by atoms with Gasteiger partial charge in [0.2, 0.25) is 0 Å². The van der Waals surface area contributed by atoms with Crippen LogP contribution in [0.5, 0.6) is 0 Å². The molecule has 0 radical (unpaired) electrons. The van der Waals surface area contributed by atoms with Gasteiger partial charge in [0, 0.05) is 12.6 Å². The van der Waals surface area contributed by atoms with E-state index in [0.29, 0.717) is 18.3 Å². The van der Waals surface area contributed by atoms with Crippen molar-refractivity contribution in [3.05, 3.63) is 24.2 Å². The minimum atomic E-state index is -0.812. The lowest BCUT2D eigenvalue weighted by Gasteiger charge is -2.31. The average Bonchev–Trinajstić information content (AvgIpc) is 3.12. The van der Waals surface area contributed by atoms with Crippen LogP contribution < -0.4 is 10.6 Å². The van der Waals surface area contributed by atoms with Gasteiger partial charge in [-0.25, -0.2) is 4.79 Å². The van der Waals surface area contributed by atoms with Crippen molar-refractivity contribution >= 4 is 6.03 Å². The summed E-state index contributed by atoms with van der Waals surface area (Å²) in [6.45, 7) is 1.78. The maximum absolute atomic E-state index is 11.7. The predicted molar refractivity (Wildman–Crippen MR) is 89.2 cm³/mol. The zero-order valence-electron chi connectivity index (χ0n) is 14.0. The molecule has 0 spiro atoms. The van der Waals surface area contributed by atoms with Gasteiger partial charge in [-0.15, -0.1) is 0 Å². The average molecular weight is 323 g/mol. The van der Waals surface area contributed by atoms with E-state index in [4.69, 9.17) is 4.42 Å². The van der Waals surface area contributed by atoms with Crippen LogP contribution in [-0.4, -0.2) is 48.8 Å². The van der Waals surface area contributed by atoms with Gasteiger partial charge in [-0.1, -0.05) is 19.3 Å². The van der Waals surface area contributed by atoms with Crippen molar-refractivity contribution in [2.45, 2.75) is 50.7 Å². The summed E-state index contributed by atoms with van der Waals surface area (Å²) in [4.78, 5) is 14.1. The number of aliphatic hydroxyl groups excluding tert-OH is 1. The molecule has 6 nitrogen and oxygen atoms in total. The molecule has 2 rings (SSSR count). The third kappa shape index (κ3) is 6.23. The number of furan rings is 1. The number of nitrogens with zero attached hydrogens (tertiary/aromatic N) is 1. The molecule has 1 aliphatic rings. The smallest absolute Gasteiger partial charge is 0.314 e. The molecule has 3 N–H and O–H groups in total. The third-order valence-electron chi connectivity index (χ3n) is 4.50. The lowest BCUT2D eigenvalue weighted by molar-refractivity contribution is 0.148. The van der Waals surface area contributed by atoms with Gasteiger partial charge < -0.3 is 25.1 Å². The van der Waals surface area contributed by atoms with Crippen molar-refractivity contribution in [2.75, 3.05) is 26.7 Å². The molecule has 1 aromatic rings. The van der Waals surface area contributed by atoms with Crippen molar-refractivity contribution in [3.63, 3.8) is 0 Å². The summed E-state index contributed by atoms with van der Waals surface area (Å²) in [6.07, 6.45) is 8.28. The van der Waals surface area contributed by atoms with Crippen LogP contribution in [0.2, 0.25) is 0 Å². The van der Waals surface area contributed by atoms with Crippen LogP contribution in [0, 0.1) is 0 Å². The maximum Gasteiger partial charge on any atom is 0.314 e. The van der Waals surface area contributed by atoms with Crippen LogP contribution in [0.1, 0.15) is 50.4 Å². The van der Waals surface area contributed by atoms with Gasteiger partial charge in [0.1, 0.15) is 11.9 Å². The number of carbonyl (C=O) groups excluding carboxylic acids is 1. The van der Waals surface area contributed by atoms with Gasteiger partial charge in [-0.2, -0.15) is 0 Å². The fraction of sp³-hybridized carbons (Fsp3) is 0.706. The Morgan fingerprint density at radius 3 is 2.87 bits per heavy atom. The second-order valence-electron chi connectivity index (χ2n) is 6.29. The van der Waals surface area contributed by atoms with Gasteiger partial charge >= 0.3 is 6.03 Å². The number of nitrogens with one attached hydrogen (secondary N) is 2. The van der Waals surface area contributed by atoms with Crippen molar-refractivity contribution in [3.8, 4) is 0 Å². The molecule has 1 aromatic heterocycles. The Labute approximate surface area is 138 Å². The van der Waals surface area contributed by atoms with Crippen LogP contribution in [0.4, 0.5) is 4.79 Å². The summed E-state index contributed by atoms with van der Waals surface area (Å²) in [5.41, 5.74) is 0.